The van der Waals surface area contributed by atoms with Gasteiger partial charge in [-0.3, -0.25) is 4.90 Å². The van der Waals surface area contributed by atoms with Crippen molar-refractivity contribution in [3.63, 3.8) is 0 Å². The van der Waals surface area contributed by atoms with Gasteiger partial charge in [-0.1, -0.05) is 0 Å². The topological polar surface area (TPSA) is 79.9 Å². The Bertz CT molecular complexity index is 843. The number of nitrogens with zero attached hydrogens (tertiary/aromatic N) is 6. The summed E-state index contributed by atoms with van der Waals surface area (Å²) in [6.07, 6.45) is -3.46. The number of tetrazole rings is 1. The molecule has 0 saturated carbocycles. The van der Waals surface area contributed by atoms with E-state index < -0.39 is 17.3 Å². The SMILES string of the molecule is N#Cc1ccc(-n2nnnc2CN2CC3CC2CO3)cc1C(F)(F)F. The Hall–Kier alpha value is -2.51. The van der Waals surface area contributed by atoms with Gasteiger partial charge >= 0.3 is 6.18 Å². The predicted octanol–water partition coefficient (Wildman–Crippen LogP) is 1.53. The molecule has 2 bridgehead atoms. The molecule has 25 heavy (non-hydrogen) atoms. The highest BCUT2D eigenvalue weighted by Gasteiger charge is 2.39. The molecule has 0 spiro atoms. The Labute approximate surface area is 140 Å². The van der Waals surface area contributed by atoms with Crippen molar-refractivity contribution >= 4 is 0 Å². The number of hydrogen-bond donors (Lipinski definition) is 0. The van der Waals surface area contributed by atoms with Crippen LogP contribution in [0.3, 0.4) is 0 Å². The molecule has 2 unspecified atom stereocenters. The number of likely N-dealkylation sites (tertiary alicyclic amines) is 1. The van der Waals surface area contributed by atoms with Crippen molar-refractivity contribution in [1.82, 2.24) is 25.1 Å². The lowest BCUT2D eigenvalue weighted by atomic mass is 10.1. The minimum absolute atomic E-state index is 0.173. The molecular formula is C15H13F3N6O. The summed E-state index contributed by atoms with van der Waals surface area (Å²) < 4.78 is 46.3. The maximum atomic E-state index is 13.2. The Morgan fingerprint density at radius 2 is 2.20 bits per heavy atom. The van der Waals surface area contributed by atoms with Crippen molar-refractivity contribution < 1.29 is 17.9 Å². The maximum absolute atomic E-state index is 13.2. The summed E-state index contributed by atoms with van der Waals surface area (Å²) in [4.78, 5) is 2.17. The quantitative estimate of drug-likeness (QED) is 0.835. The van der Waals surface area contributed by atoms with E-state index in [-0.39, 0.29) is 11.8 Å². The van der Waals surface area contributed by atoms with E-state index in [0.29, 0.717) is 25.0 Å². The first kappa shape index (κ1) is 16.0. The molecule has 0 aliphatic carbocycles. The van der Waals surface area contributed by atoms with E-state index in [2.05, 4.69) is 20.4 Å². The molecule has 3 heterocycles. The molecule has 2 aliphatic heterocycles. The molecule has 0 amide bonds. The lowest BCUT2D eigenvalue weighted by molar-refractivity contribution is -0.137. The van der Waals surface area contributed by atoms with Crippen LogP contribution in [0.2, 0.25) is 0 Å². The van der Waals surface area contributed by atoms with E-state index in [9.17, 15) is 13.2 Å². The van der Waals surface area contributed by atoms with Gasteiger partial charge in [0.15, 0.2) is 5.82 Å². The summed E-state index contributed by atoms with van der Waals surface area (Å²) in [7, 11) is 0. The van der Waals surface area contributed by atoms with Gasteiger partial charge in [-0.05, 0) is 35.0 Å². The number of ether oxygens (including phenoxy) is 1. The first-order valence-corrected chi connectivity index (χ1v) is 7.70. The number of morpholine rings is 1. The van der Waals surface area contributed by atoms with Crippen molar-refractivity contribution in [2.75, 3.05) is 13.2 Å². The van der Waals surface area contributed by atoms with Crippen LogP contribution >= 0.6 is 0 Å². The third-order valence-corrected chi connectivity index (χ3v) is 4.57. The first-order chi connectivity index (χ1) is 12.0. The summed E-state index contributed by atoms with van der Waals surface area (Å²) in [5.74, 6) is 0.449. The minimum atomic E-state index is -4.62. The van der Waals surface area contributed by atoms with Crippen LogP contribution < -0.4 is 0 Å². The molecule has 130 valence electrons. The molecule has 1 aromatic carbocycles. The van der Waals surface area contributed by atoms with Crippen LogP contribution in [0, 0.1) is 11.3 Å². The average molecular weight is 350 g/mol. The number of nitriles is 1. The Morgan fingerprint density at radius 1 is 1.36 bits per heavy atom. The normalized spacial score (nSPS) is 23.1. The highest BCUT2D eigenvalue weighted by Crippen LogP contribution is 2.33. The Balaban J connectivity index is 1.65. The fraction of sp³-hybridized carbons (Fsp3) is 0.467. The van der Waals surface area contributed by atoms with Gasteiger partial charge in [0.2, 0.25) is 0 Å². The fourth-order valence-corrected chi connectivity index (χ4v) is 3.36. The number of aromatic nitrogens is 4. The van der Waals surface area contributed by atoms with Crippen molar-refractivity contribution in [1.29, 1.82) is 5.26 Å². The number of rotatable bonds is 3. The molecule has 0 N–H and O–H groups in total. The standard InChI is InChI=1S/C15H13F3N6O/c16-15(17,18)13-4-10(2-1-9(13)5-19)24-14(20-21-22-24)7-23-6-12-3-11(23)8-25-12/h1-2,4,11-12H,3,6-8H2. The van der Waals surface area contributed by atoms with Gasteiger partial charge in [0.05, 0.1) is 42.1 Å². The highest BCUT2D eigenvalue weighted by molar-refractivity contribution is 5.47. The van der Waals surface area contributed by atoms with Crippen LogP contribution in [0.15, 0.2) is 18.2 Å². The van der Waals surface area contributed by atoms with E-state index in [1.54, 1.807) is 6.07 Å². The van der Waals surface area contributed by atoms with E-state index in [1.165, 1.54) is 10.7 Å². The van der Waals surface area contributed by atoms with Crippen LogP contribution in [0.5, 0.6) is 0 Å². The van der Waals surface area contributed by atoms with Crippen LogP contribution in [-0.4, -0.2) is 50.4 Å². The Kier molecular flexibility index (Phi) is 3.70. The van der Waals surface area contributed by atoms with Crippen LogP contribution in [0.25, 0.3) is 5.69 Å². The second-order valence-electron chi connectivity index (χ2n) is 6.12. The third-order valence-electron chi connectivity index (χ3n) is 4.57. The Morgan fingerprint density at radius 3 is 2.84 bits per heavy atom. The van der Waals surface area contributed by atoms with Crippen LogP contribution in [0.4, 0.5) is 13.2 Å². The van der Waals surface area contributed by atoms with Crippen molar-refractivity contribution in [3.05, 3.63) is 35.2 Å². The second-order valence-corrected chi connectivity index (χ2v) is 6.12. The van der Waals surface area contributed by atoms with E-state index in [1.807, 2.05) is 0 Å². The zero-order valence-corrected chi connectivity index (χ0v) is 12.9. The second kappa shape index (κ2) is 5.79. The molecule has 2 aliphatic rings. The summed E-state index contributed by atoms with van der Waals surface area (Å²) in [6.45, 7) is 1.85. The number of hydrogen-bond acceptors (Lipinski definition) is 6. The van der Waals surface area contributed by atoms with Crippen molar-refractivity contribution in [2.45, 2.75) is 31.3 Å². The van der Waals surface area contributed by atoms with Gasteiger partial charge in [0.25, 0.3) is 0 Å². The summed E-state index contributed by atoms with van der Waals surface area (Å²) in [5.41, 5.74) is -1.26. The van der Waals surface area contributed by atoms with Gasteiger partial charge < -0.3 is 4.74 Å². The fourth-order valence-electron chi connectivity index (χ4n) is 3.36. The first-order valence-electron chi connectivity index (χ1n) is 7.70. The smallest absolute Gasteiger partial charge is 0.375 e. The van der Waals surface area contributed by atoms with E-state index in [0.717, 1.165) is 25.1 Å². The number of halogens is 3. The number of benzene rings is 1. The van der Waals surface area contributed by atoms with E-state index >= 15 is 0 Å². The molecule has 2 saturated heterocycles. The highest BCUT2D eigenvalue weighted by atomic mass is 19.4. The summed E-state index contributed by atoms with van der Waals surface area (Å²) in [6, 6.07) is 5.30. The largest absolute Gasteiger partial charge is 0.417 e. The lowest BCUT2D eigenvalue weighted by Gasteiger charge is -2.25. The van der Waals surface area contributed by atoms with Gasteiger partial charge in [0, 0.05) is 12.6 Å². The molecule has 2 atom stereocenters. The maximum Gasteiger partial charge on any atom is 0.417 e. The van der Waals surface area contributed by atoms with Crippen molar-refractivity contribution in [2.24, 2.45) is 0 Å². The summed E-state index contributed by atoms with van der Waals surface area (Å²) >= 11 is 0. The molecule has 2 aromatic rings. The number of alkyl halides is 3. The van der Waals surface area contributed by atoms with Gasteiger partial charge in [0.1, 0.15) is 0 Å². The average Bonchev–Trinajstić information content (AvgIpc) is 3.30. The van der Waals surface area contributed by atoms with Gasteiger partial charge in [-0.15, -0.1) is 5.10 Å². The molecular weight excluding hydrogens is 337 g/mol. The van der Waals surface area contributed by atoms with Crippen molar-refractivity contribution in [3.8, 4) is 11.8 Å². The van der Waals surface area contributed by atoms with E-state index in [4.69, 9.17) is 10.00 Å². The molecule has 4 rings (SSSR count). The third kappa shape index (κ3) is 2.85. The zero-order valence-electron chi connectivity index (χ0n) is 12.9. The van der Waals surface area contributed by atoms with Crippen LogP contribution in [0.1, 0.15) is 23.4 Å². The minimum Gasteiger partial charge on any atom is -0.375 e. The molecule has 1 aromatic heterocycles. The zero-order chi connectivity index (χ0) is 17.6. The molecule has 0 radical (unpaired) electrons. The molecule has 2 fully saturated rings. The molecule has 10 heteroatoms. The number of fused-ring (bicyclic) bond motifs is 2. The monoisotopic (exact) mass is 350 g/mol. The lowest BCUT2D eigenvalue weighted by Crippen LogP contribution is -2.37. The summed E-state index contributed by atoms with van der Waals surface area (Å²) in [5, 5.41) is 20.3. The van der Waals surface area contributed by atoms with Gasteiger partial charge in [-0.25, -0.2) is 0 Å². The van der Waals surface area contributed by atoms with Gasteiger partial charge in [-0.2, -0.15) is 23.1 Å². The predicted molar refractivity (Wildman–Crippen MR) is 77.4 cm³/mol. The van der Waals surface area contributed by atoms with Crippen LogP contribution in [-0.2, 0) is 17.5 Å². The molecule has 7 nitrogen and oxygen atoms in total.